The van der Waals surface area contributed by atoms with Crippen LogP contribution in [0.15, 0.2) is 54.6 Å². The van der Waals surface area contributed by atoms with Crippen LogP contribution in [0.2, 0.25) is 0 Å². The van der Waals surface area contributed by atoms with E-state index < -0.39 is 11.8 Å². The summed E-state index contributed by atoms with van der Waals surface area (Å²) in [6, 6.07) is 14.8. The van der Waals surface area contributed by atoms with Crippen LogP contribution >= 0.6 is 0 Å². The molecule has 0 spiro atoms. The van der Waals surface area contributed by atoms with Gasteiger partial charge in [-0.3, -0.25) is 4.79 Å². The molecule has 4 rings (SSSR count). The summed E-state index contributed by atoms with van der Waals surface area (Å²) in [5.74, 6) is -0.654. The number of carboxylic acids is 1. The van der Waals surface area contributed by atoms with Crippen LogP contribution in [-0.4, -0.2) is 30.8 Å². The van der Waals surface area contributed by atoms with E-state index in [1.54, 1.807) is 24.3 Å². The van der Waals surface area contributed by atoms with Gasteiger partial charge in [0.15, 0.2) is 0 Å². The maximum atomic E-state index is 14.3. The Bertz CT molecular complexity index is 1180. The first-order valence-electron chi connectivity index (χ1n) is 11.8. The van der Waals surface area contributed by atoms with Crippen molar-refractivity contribution in [1.29, 1.82) is 0 Å². The average Bonchev–Trinajstić information content (AvgIpc) is 2.84. The van der Waals surface area contributed by atoms with Crippen molar-refractivity contribution < 1.29 is 28.2 Å². The normalized spacial score (nSPS) is 12.8. The Labute approximate surface area is 203 Å². The van der Waals surface area contributed by atoms with Crippen LogP contribution in [0.1, 0.15) is 35.1 Å². The number of carboxylic acid groups (broad SMARTS) is 1. The molecule has 0 atom stereocenters. The van der Waals surface area contributed by atoms with Gasteiger partial charge in [0.05, 0.1) is 6.54 Å². The standard InChI is InChI=1S/C28H29F2NO4/c1-19-22(18-35-25-10-6-20(26(30)17-25)7-13-27(32)33)5-4-21-3-2-14-31(28(19)21)15-16-34-24-11-8-23(29)9-12-24/h4-6,8-12,17H,2-3,7,13-16,18H2,1H3,(H,32,33). The number of aryl methyl sites for hydroxylation is 2. The molecule has 5 nitrogen and oxygen atoms in total. The fourth-order valence-electron chi connectivity index (χ4n) is 4.42. The Morgan fingerprint density at radius 3 is 2.49 bits per heavy atom. The van der Waals surface area contributed by atoms with Crippen molar-refractivity contribution in [3.8, 4) is 11.5 Å². The maximum absolute atomic E-state index is 14.3. The first-order valence-corrected chi connectivity index (χ1v) is 11.8. The zero-order valence-corrected chi connectivity index (χ0v) is 19.7. The van der Waals surface area contributed by atoms with E-state index in [1.165, 1.54) is 29.4 Å². The zero-order chi connectivity index (χ0) is 24.8. The highest BCUT2D eigenvalue weighted by atomic mass is 19.1. The topological polar surface area (TPSA) is 59.0 Å². The van der Waals surface area contributed by atoms with Crippen molar-refractivity contribution in [2.24, 2.45) is 0 Å². The average molecular weight is 482 g/mol. The molecule has 0 saturated heterocycles. The molecule has 184 valence electrons. The Balaban J connectivity index is 1.40. The van der Waals surface area contributed by atoms with E-state index in [-0.39, 0.29) is 18.7 Å². The summed E-state index contributed by atoms with van der Waals surface area (Å²) < 4.78 is 39.1. The van der Waals surface area contributed by atoms with E-state index in [9.17, 15) is 13.6 Å². The molecule has 1 heterocycles. The minimum atomic E-state index is -0.955. The highest BCUT2D eigenvalue weighted by Gasteiger charge is 2.21. The Morgan fingerprint density at radius 2 is 1.74 bits per heavy atom. The van der Waals surface area contributed by atoms with Crippen LogP contribution in [0.4, 0.5) is 14.5 Å². The van der Waals surface area contributed by atoms with Crippen molar-refractivity contribution in [1.82, 2.24) is 0 Å². The number of rotatable bonds is 10. The minimum absolute atomic E-state index is 0.114. The molecule has 0 aromatic heterocycles. The number of hydrogen-bond donors (Lipinski definition) is 1. The fourth-order valence-corrected chi connectivity index (χ4v) is 4.42. The second-order valence-electron chi connectivity index (χ2n) is 8.69. The van der Waals surface area contributed by atoms with Gasteiger partial charge in [0, 0.05) is 24.7 Å². The number of anilines is 1. The third-order valence-electron chi connectivity index (χ3n) is 6.29. The van der Waals surface area contributed by atoms with Gasteiger partial charge in [-0.05, 0) is 78.8 Å². The molecule has 35 heavy (non-hydrogen) atoms. The largest absolute Gasteiger partial charge is 0.492 e. The van der Waals surface area contributed by atoms with Gasteiger partial charge < -0.3 is 19.5 Å². The van der Waals surface area contributed by atoms with Crippen molar-refractivity contribution in [2.75, 3.05) is 24.6 Å². The molecule has 0 bridgehead atoms. The molecule has 1 aliphatic rings. The third-order valence-corrected chi connectivity index (χ3v) is 6.29. The minimum Gasteiger partial charge on any atom is -0.492 e. The smallest absolute Gasteiger partial charge is 0.303 e. The molecule has 0 fully saturated rings. The molecular weight excluding hydrogens is 452 g/mol. The van der Waals surface area contributed by atoms with Crippen LogP contribution in [0.3, 0.4) is 0 Å². The highest BCUT2D eigenvalue weighted by molar-refractivity contribution is 5.67. The Kier molecular flexibility index (Phi) is 7.85. The van der Waals surface area contributed by atoms with Crippen molar-refractivity contribution in [3.63, 3.8) is 0 Å². The molecule has 3 aromatic carbocycles. The zero-order valence-electron chi connectivity index (χ0n) is 19.7. The summed E-state index contributed by atoms with van der Waals surface area (Å²) in [7, 11) is 0. The van der Waals surface area contributed by atoms with Gasteiger partial charge in [-0.25, -0.2) is 8.78 Å². The maximum Gasteiger partial charge on any atom is 0.303 e. The summed E-state index contributed by atoms with van der Waals surface area (Å²) >= 11 is 0. The lowest BCUT2D eigenvalue weighted by Gasteiger charge is -2.33. The van der Waals surface area contributed by atoms with Crippen molar-refractivity contribution in [3.05, 3.63) is 88.5 Å². The predicted molar refractivity (Wildman–Crippen MR) is 130 cm³/mol. The summed E-state index contributed by atoms with van der Waals surface area (Å²) in [4.78, 5) is 13.0. The van der Waals surface area contributed by atoms with Crippen LogP contribution < -0.4 is 14.4 Å². The van der Waals surface area contributed by atoms with E-state index in [4.69, 9.17) is 14.6 Å². The third kappa shape index (κ3) is 6.29. The van der Waals surface area contributed by atoms with Crippen LogP contribution in [0, 0.1) is 18.6 Å². The first kappa shape index (κ1) is 24.5. The van der Waals surface area contributed by atoms with Gasteiger partial charge in [-0.2, -0.15) is 0 Å². The molecule has 7 heteroatoms. The lowest BCUT2D eigenvalue weighted by atomic mass is 9.95. The van der Waals surface area contributed by atoms with Gasteiger partial charge in [-0.15, -0.1) is 0 Å². The molecule has 3 aromatic rings. The predicted octanol–water partition coefficient (Wildman–Crippen LogP) is 5.70. The van der Waals surface area contributed by atoms with E-state index in [1.807, 2.05) is 0 Å². The van der Waals surface area contributed by atoms with Gasteiger partial charge in [0.25, 0.3) is 0 Å². The van der Waals surface area contributed by atoms with E-state index in [2.05, 4.69) is 24.0 Å². The SMILES string of the molecule is Cc1c(COc2ccc(CCC(=O)O)c(F)c2)ccc2c1N(CCOc1ccc(F)cc1)CCC2. The number of aliphatic carboxylic acids is 1. The van der Waals surface area contributed by atoms with Crippen LogP contribution in [0.25, 0.3) is 0 Å². The number of halogens is 2. The van der Waals surface area contributed by atoms with E-state index >= 15 is 0 Å². The molecule has 0 unspecified atom stereocenters. The molecule has 0 aliphatic carbocycles. The summed E-state index contributed by atoms with van der Waals surface area (Å²) in [5, 5.41) is 8.80. The number of nitrogens with zero attached hydrogens (tertiary/aromatic N) is 1. The van der Waals surface area contributed by atoms with E-state index in [0.717, 1.165) is 30.5 Å². The Morgan fingerprint density at radius 1 is 1.00 bits per heavy atom. The number of fused-ring (bicyclic) bond motifs is 1. The summed E-state index contributed by atoms with van der Waals surface area (Å²) in [5.41, 5.74) is 4.99. The number of benzene rings is 3. The molecule has 0 amide bonds. The van der Waals surface area contributed by atoms with Gasteiger partial charge >= 0.3 is 5.97 Å². The fraction of sp³-hybridized carbons (Fsp3) is 0.321. The van der Waals surface area contributed by atoms with Gasteiger partial charge in [0.1, 0.15) is 36.3 Å². The first-order chi connectivity index (χ1) is 16.9. The monoisotopic (exact) mass is 481 g/mol. The quantitative estimate of drug-likeness (QED) is 0.403. The van der Waals surface area contributed by atoms with Crippen LogP contribution in [0.5, 0.6) is 11.5 Å². The second kappa shape index (κ2) is 11.2. The van der Waals surface area contributed by atoms with Crippen LogP contribution in [-0.2, 0) is 24.2 Å². The lowest BCUT2D eigenvalue weighted by molar-refractivity contribution is -0.136. The summed E-state index contributed by atoms with van der Waals surface area (Å²) in [6.07, 6.45) is 2.10. The lowest BCUT2D eigenvalue weighted by Crippen LogP contribution is -2.34. The molecule has 1 N–H and O–H groups in total. The molecule has 1 aliphatic heterocycles. The van der Waals surface area contributed by atoms with Gasteiger partial charge in [0.2, 0.25) is 0 Å². The Hall–Kier alpha value is -3.61. The van der Waals surface area contributed by atoms with Crippen molar-refractivity contribution in [2.45, 2.75) is 39.2 Å². The van der Waals surface area contributed by atoms with Crippen molar-refractivity contribution >= 4 is 11.7 Å². The van der Waals surface area contributed by atoms with E-state index in [0.29, 0.717) is 36.8 Å². The molecule has 0 saturated carbocycles. The molecule has 0 radical (unpaired) electrons. The number of carbonyl (C=O) groups is 1. The number of hydrogen-bond acceptors (Lipinski definition) is 4. The highest BCUT2D eigenvalue weighted by Crippen LogP contribution is 2.33. The second-order valence-corrected chi connectivity index (χ2v) is 8.69. The number of ether oxygens (including phenoxy) is 2. The molecular formula is C28H29F2NO4. The van der Waals surface area contributed by atoms with Gasteiger partial charge in [-0.1, -0.05) is 18.2 Å². The summed E-state index contributed by atoms with van der Waals surface area (Å²) in [6.45, 7) is 4.49.